The van der Waals surface area contributed by atoms with Gasteiger partial charge in [-0.05, 0) is 32.0 Å². The van der Waals surface area contributed by atoms with Crippen LogP contribution in [0.15, 0.2) is 27.6 Å². The van der Waals surface area contributed by atoms with Crippen LogP contribution in [0, 0.1) is 13.8 Å². The van der Waals surface area contributed by atoms with E-state index in [0.717, 1.165) is 0 Å². The van der Waals surface area contributed by atoms with Gasteiger partial charge in [-0.25, -0.2) is 13.1 Å². The number of hydrogen-bond donors (Lipinski definition) is 2. The first-order chi connectivity index (χ1) is 11.9. The summed E-state index contributed by atoms with van der Waals surface area (Å²) in [6.45, 7) is 3.35. The molecule has 0 saturated carbocycles. The smallest absolute Gasteiger partial charge is 0.251 e. The zero-order valence-corrected chi connectivity index (χ0v) is 14.5. The molecule has 2 heterocycles. The molecule has 0 spiro atoms. The number of benzene rings is 1. The van der Waals surface area contributed by atoms with Crippen LogP contribution in [0.4, 0.5) is 0 Å². The number of amides is 1. The molecule has 1 aromatic heterocycles. The van der Waals surface area contributed by atoms with E-state index in [9.17, 15) is 13.2 Å². The van der Waals surface area contributed by atoms with Gasteiger partial charge in [0.25, 0.3) is 5.91 Å². The number of carbonyl (C=O) groups is 1. The van der Waals surface area contributed by atoms with Crippen molar-refractivity contribution in [2.75, 3.05) is 19.9 Å². The number of ether oxygens (including phenoxy) is 2. The predicted molar refractivity (Wildman–Crippen MR) is 86.1 cm³/mol. The van der Waals surface area contributed by atoms with E-state index >= 15 is 0 Å². The average Bonchev–Trinajstić information content (AvgIpc) is 3.17. The molecule has 10 heteroatoms. The third kappa shape index (κ3) is 3.59. The summed E-state index contributed by atoms with van der Waals surface area (Å²) in [7, 11) is -3.74. The molecule has 2 N–H and O–H groups in total. The van der Waals surface area contributed by atoms with E-state index in [-0.39, 0.29) is 42.1 Å². The van der Waals surface area contributed by atoms with Crippen LogP contribution in [0.2, 0.25) is 0 Å². The van der Waals surface area contributed by atoms with Crippen molar-refractivity contribution in [1.82, 2.24) is 15.2 Å². The highest BCUT2D eigenvalue weighted by Crippen LogP contribution is 2.32. The van der Waals surface area contributed by atoms with Gasteiger partial charge in [0.15, 0.2) is 17.3 Å². The fourth-order valence-corrected chi connectivity index (χ4v) is 3.79. The van der Waals surface area contributed by atoms with E-state index < -0.39 is 10.0 Å². The normalized spacial score (nSPS) is 13.0. The second-order valence-corrected chi connectivity index (χ2v) is 7.08. The van der Waals surface area contributed by atoms with E-state index in [2.05, 4.69) is 15.2 Å². The number of nitrogens with zero attached hydrogens (tertiary/aromatic N) is 1. The van der Waals surface area contributed by atoms with Gasteiger partial charge in [0.2, 0.25) is 16.8 Å². The summed E-state index contributed by atoms with van der Waals surface area (Å²) in [5.41, 5.74) is 0.687. The van der Waals surface area contributed by atoms with Crippen LogP contribution in [-0.4, -0.2) is 39.4 Å². The minimum atomic E-state index is -3.74. The molecule has 0 radical (unpaired) electrons. The summed E-state index contributed by atoms with van der Waals surface area (Å²) in [6, 6.07) is 4.83. The highest BCUT2D eigenvalue weighted by molar-refractivity contribution is 7.89. The van der Waals surface area contributed by atoms with Crippen LogP contribution < -0.4 is 19.5 Å². The Kier molecular flexibility index (Phi) is 4.64. The van der Waals surface area contributed by atoms with Gasteiger partial charge >= 0.3 is 0 Å². The maximum Gasteiger partial charge on any atom is 0.251 e. The number of sulfonamides is 1. The Bertz CT molecular complexity index is 886. The molecule has 9 nitrogen and oxygen atoms in total. The van der Waals surface area contributed by atoms with Gasteiger partial charge in [0, 0.05) is 18.7 Å². The van der Waals surface area contributed by atoms with Crippen molar-refractivity contribution in [3.8, 4) is 11.5 Å². The molecule has 0 aliphatic carbocycles. The number of carbonyl (C=O) groups excluding carboxylic acids is 1. The van der Waals surface area contributed by atoms with Crippen molar-refractivity contribution in [3.63, 3.8) is 0 Å². The van der Waals surface area contributed by atoms with Crippen molar-refractivity contribution in [1.29, 1.82) is 0 Å². The maximum atomic E-state index is 12.2. The van der Waals surface area contributed by atoms with Gasteiger partial charge in [-0.1, -0.05) is 5.16 Å². The lowest BCUT2D eigenvalue weighted by Gasteiger charge is -2.08. The largest absolute Gasteiger partial charge is 0.454 e. The minimum absolute atomic E-state index is 0.0228. The first-order valence-electron chi connectivity index (χ1n) is 7.49. The molecular formula is C15H17N3O6S. The van der Waals surface area contributed by atoms with Crippen LogP contribution in [-0.2, 0) is 10.0 Å². The van der Waals surface area contributed by atoms with Gasteiger partial charge in [-0.2, -0.15) is 0 Å². The summed E-state index contributed by atoms with van der Waals surface area (Å²) in [5, 5.41) is 6.26. The summed E-state index contributed by atoms with van der Waals surface area (Å²) >= 11 is 0. The SMILES string of the molecule is Cc1noc(C)c1S(=O)(=O)NCCNC(=O)c1ccc2c(c1)OCO2. The van der Waals surface area contributed by atoms with Gasteiger partial charge in [-0.3, -0.25) is 4.79 Å². The van der Waals surface area contributed by atoms with Gasteiger partial charge < -0.3 is 19.3 Å². The summed E-state index contributed by atoms with van der Waals surface area (Å²) in [4.78, 5) is 12.1. The highest BCUT2D eigenvalue weighted by atomic mass is 32.2. The second kappa shape index (κ2) is 6.73. The van der Waals surface area contributed by atoms with E-state index in [1.807, 2.05) is 0 Å². The Morgan fingerprint density at radius 2 is 1.96 bits per heavy atom. The molecule has 0 atom stereocenters. The molecule has 1 aliphatic heterocycles. The average molecular weight is 367 g/mol. The topological polar surface area (TPSA) is 120 Å². The fraction of sp³-hybridized carbons (Fsp3) is 0.333. The molecule has 0 fully saturated rings. The Labute approximate surface area is 144 Å². The zero-order chi connectivity index (χ0) is 18.0. The maximum absolute atomic E-state index is 12.2. The molecule has 25 heavy (non-hydrogen) atoms. The number of hydrogen-bond acceptors (Lipinski definition) is 7. The van der Waals surface area contributed by atoms with Crippen molar-refractivity contribution < 1.29 is 27.2 Å². The Hall–Kier alpha value is -2.59. The predicted octanol–water partition coefficient (Wildman–Crippen LogP) is 0.728. The van der Waals surface area contributed by atoms with Crippen LogP contribution >= 0.6 is 0 Å². The van der Waals surface area contributed by atoms with Crippen molar-refractivity contribution in [3.05, 3.63) is 35.2 Å². The van der Waals surface area contributed by atoms with Crippen molar-refractivity contribution in [2.24, 2.45) is 0 Å². The number of aromatic nitrogens is 1. The molecule has 1 amide bonds. The van der Waals surface area contributed by atoms with Gasteiger partial charge in [-0.15, -0.1) is 0 Å². The van der Waals surface area contributed by atoms with Crippen molar-refractivity contribution >= 4 is 15.9 Å². The molecule has 3 rings (SSSR count). The van der Waals surface area contributed by atoms with E-state index in [1.54, 1.807) is 25.1 Å². The lowest BCUT2D eigenvalue weighted by Crippen LogP contribution is -2.35. The summed E-state index contributed by atoms with van der Waals surface area (Å²) in [6.07, 6.45) is 0. The van der Waals surface area contributed by atoms with Crippen molar-refractivity contribution in [2.45, 2.75) is 18.7 Å². The monoisotopic (exact) mass is 367 g/mol. The first kappa shape index (κ1) is 17.2. The standard InChI is InChI=1S/C15H17N3O6S/c1-9-14(10(2)24-18-9)25(20,21)17-6-5-16-15(19)11-3-4-12-13(7-11)23-8-22-12/h3-4,7,17H,5-6,8H2,1-2H3,(H,16,19). The molecular weight excluding hydrogens is 350 g/mol. The minimum Gasteiger partial charge on any atom is -0.454 e. The number of aryl methyl sites for hydroxylation is 2. The van der Waals surface area contributed by atoms with Crippen LogP contribution in [0.5, 0.6) is 11.5 Å². The first-order valence-corrected chi connectivity index (χ1v) is 8.97. The zero-order valence-electron chi connectivity index (χ0n) is 13.7. The van der Waals surface area contributed by atoms with Gasteiger partial charge in [0.1, 0.15) is 10.6 Å². The fourth-order valence-electron chi connectivity index (χ4n) is 2.43. The van der Waals surface area contributed by atoms with Gasteiger partial charge in [0.05, 0.1) is 0 Å². The molecule has 134 valence electrons. The molecule has 1 aliphatic rings. The van der Waals surface area contributed by atoms with Crippen LogP contribution in [0.3, 0.4) is 0 Å². The Balaban J connectivity index is 1.54. The summed E-state index contributed by atoms with van der Waals surface area (Å²) in [5.74, 6) is 0.972. The lowest BCUT2D eigenvalue weighted by atomic mass is 10.2. The number of rotatable bonds is 6. The second-order valence-electron chi connectivity index (χ2n) is 5.38. The summed E-state index contributed by atoms with van der Waals surface area (Å²) < 4.78 is 42.1. The third-order valence-corrected chi connectivity index (χ3v) is 5.28. The van der Waals surface area contributed by atoms with E-state index in [1.165, 1.54) is 6.92 Å². The van der Waals surface area contributed by atoms with E-state index in [4.69, 9.17) is 14.0 Å². The van der Waals surface area contributed by atoms with E-state index in [0.29, 0.717) is 17.1 Å². The molecule has 0 unspecified atom stereocenters. The lowest BCUT2D eigenvalue weighted by molar-refractivity contribution is 0.0954. The molecule has 1 aromatic carbocycles. The van der Waals surface area contributed by atoms with Crippen LogP contribution in [0.1, 0.15) is 21.8 Å². The molecule has 2 aromatic rings. The Morgan fingerprint density at radius 1 is 1.20 bits per heavy atom. The molecule has 0 bridgehead atoms. The quantitative estimate of drug-likeness (QED) is 0.722. The Morgan fingerprint density at radius 3 is 2.68 bits per heavy atom. The highest BCUT2D eigenvalue weighted by Gasteiger charge is 2.23. The molecule has 0 saturated heterocycles. The van der Waals surface area contributed by atoms with Crippen LogP contribution in [0.25, 0.3) is 0 Å². The number of fused-ring (bicyclic) bond motifs is 1. The third-order valence-electron chi connectivity index (χ3n) is 3.57. The number of nitrogens with one attached hydrogen (secondary N) is 2.